The van der Waals surface area contributed by atoms with E-state index in [0.717, 1.165) is 40.5 Å². The molecule has 1 amide bonds. The minimum absolute atomic E-state index is 0.0821. The summed E-state index contributed by atoms with van der Waals surface area (Å²) in [4.78, 5) is 12.2. The van der Waals surface area contributed by atoms with Crippen LogP contribution in [-0.4, -0.2) is 18.1 Å². The van der Waals surface area contributed by atoms with E-state index < -0.39 is 5.54 Å². The lowest BCUT2D eigenvalue weighted by molar-refractivity contribution is -0.116. The molecule has 2 N–H and O–H groups in total. The molecular weight excluding hydrogens is 300 g/mol. The minimum atomic E-state index is -0.405. The van der Waals surface area contributed by atoms with Crippen LogP contribution in [-0.2, 0) is 4.79 Å². The van der Waals surface area contributed by atoms with Crippen LogP contribution in [0.5, 0.6) is 5.75 Å². The van der Waals surface area contributed by atoms with E-state index in [1.807, 2.05) is 44.2 Å². The Kier molecular flexibility index (Phi) is 4.58. The maximum Gasteiger partial charge on any atom is 0.263 e. The lowest BCUT2D eigenvalue weighted by Crippen LogP contribution is -2.38. The number of unbranched alkanes of at least 4 members (excludes halogenated alkanes) is 1. The molecule has 0 spiro atoms. The third-order valence-corrected chi connectivity index (χ3v) is 4.36. The van der Waals surface area contributed by atoms with Gasteiger partial charge in [-0.1, -0.05) is 43.7 Å². The summed E-state index contributed by atoms with van der Waals surface area (Å²) in [6.07, 6.45) is 4.09. The molecule has 1 saturated heterocycles. The Morgan fingerprint density at radius 2 is 1.92 bits per heavy atom. The second-order valence-corrected chi connectivity index (χ2v) is 6.67. The van der Waals surface area contributed by atoms with Crippen molar-refractivity contribution in [2.24, 2.45) is 0 Å². The van der Waals surface area contributed by atoms with Gasteiger partial charge in [0, 0.05) is 11.0 Å². The lowest BCUT2D eigenvalue weighted by atomic mass is 9.92. The number of ether oxygens (including phenoxy) is 1. The van der Waals surface area contributed by atoms with Crippen LogP contribution < -0.4 is 15.6 Å². The third-order valence-electron chi connectivity index (χ3n) is 4.36. The van der Waals surface area contributed by atoms with E-state index >= 15 is 0 Å². The zero-order valence-electron chi connectivity index (χ0n) is 14.5. The number of hydrazine groups is 1. The van der Waals surface area contributed by atoms with E-state index in [0.29, 0.717) is 6.61 Å². The van der Waals surface area contributed by atoms with Crippen LogP contribution in [0.15, 0.2) is 42.0 Å². The van der Waals surface area contributed by atoms with Crippen molar-refractivity contribution < 1.29 is 9.53 Å². The summed E-state index contributed by atoms with van der Waals surface area (Å²) >= 11 is 0. The number of carbonyl (C=O) groups is 1. The first kappa shape index (κ1) is 16.5. The number of amides is 1. The number of hydrogen-bond acceptors (Lipinski definition) is 3. The Hall–Kier alpha value is -2.33. The average molecular weight is 324 g/mol. The smallest absolute Gasteiger partial charge is 0.263 e. The topological polar surface area (TPSA) is 50.4 Å². The van der Waals surface area contributed by atoms with Crippen LogP contribution in [0.25, 0.3) is 16.8 Å². The largest absolute Gasteiger partial charge is 0.493 e. The molecule has 4 heteroatoms. The summed E-state index contributed by atoms with van der Waals surface area (Å²) in [5.41, 5.74) is 7.03. The molecule has 1 heterocycles. The molecule has 1 fully saturated rings. The van der Waals surface area contributed by atoms with Crippen molar-refractivity contribution in [2.45, 2.75) is 39.2 Å². The SMILES string of the molecule is CCCCOc1cccc2cccc(/C=C3\C(=O)NNC3(C)C)c12. The van der Waals surface area contributed by atoms with Gasteiger partial charge in [-0.2, -0.15) is 0 Å². The molecular formula is C20H24N2O2. The van der Waals surface area contributed by atoms with E-state index in [2.05, 4.69) is 29.9 Å². The number of carbonyl (C=O) groups excluding carboxylic acids is 1. The Labute approximate surface area is 142 Å². The molecule has 0 saturated carbocycles. The second-order valence-electron chi connectivity index (χ2n) is 6.67. The standard InChI is InChI=1S/C20H24N2O2/c1-4-5-12-24-17-11-7-9-14-8-6-10-15(18(14)17)13-16-19(23)21-22-20(16,2)3/h6-11,13,22H,4-5,12H2,1-3H3,(H,21,23)/b16-13+. The Balaban J connectivity index is 2.09. The van der Waals surface area contributed by atoms with Gasteiger partial charge in [-0.15, -0.1) is 0 Å². The Bertz CT molecular complexity index is 788. The third kappa shape index (κ3) is 3.15. The van der Waals surface area contributed by atoms with Crippen molar-refractivity contribution in [3.8, 4) is 5.75 Å². The zero-order chi connectivity index (χ0) is 17.2. The molecule has 0 atom stereocenters. The molecule has 0 bridgehead atoms. The number of hydrogen-bond donors (Lipinski definition) is 2. The van der Waals surface area contributed by atoms with E-state index in [4.69, 9.17) is 4.74 Å². The zero-order valence-corrected chi connectivity index (χ0v) is 14.5. The predicted octanol–water partition coefficient (Wildman–Crippen LogP) is 3.82. The van der Waals surface area contributed by atoms with Crippen LogP contribution in [0.2, 0.25) is 0 Å². The molecule has 3 rings (SSSR count). The summed E-state index contributed by atoms with van der Waals surface area (Å²) in [5.74, 6) is 0.791. The lowest BCUT2D eigenvalue weighted by Gasteiger charge is -2.17. The minimum Gasteiger partial charge on any atom is -0.493 e. The average Bonchev–Trinajstić information content (AvgIpc) is 2.82. The van der Waals surface area contributed by atoms with E-state index in [1.54, 1.807) is 0 Å². The highest BCUT2D eigenvalue weighted by molar-refractivity contribution is 6.05. The van der Waals surface area contributed by atoms with Gasteiger partial charge in [0.15, 0.2) is 0 Å². The van der Waals surface area contributed by atoms with Crippen molar-refractivity contribution in [1.29, 1.82) is 0 Å². The maximum atomic E-state index is 12.2. The number of rotatable bonds is 5. The first-order chi connectivity index (χ1) is 11.5. The number of nitrogens with one attached hydrogen (secondary N) is 2. The van der Waals surface area contributed by atoms with Crippen LogP contribution >= 0.6 is 0 Å². The normalized spacial score (nSPS) is 18.1. The summed E-state index contributed by atoms with van der Waals surface area (Å²) < 4.78 is 6.00. The molecule has 0 aromatic heterocycles. The van der Waals surface area contributed by atoms with Crippen LogP contribution in [0.4, 0.5) is 0 Å². The van der Waals surface area contributed by atoms with E-state index in [1.165, 1.54) is 0 Å². The Morgan fingerprint density at radius 1 is 1.17 bits per heavy atom. The van der Waals surface area contributed by atoms with Crippen molar-refractivity contribution in [1.82, 2.24) is 10.9 Å². The fraction of sp³-hybridized carbons (Fsp3) is 0.350. The molecule has 2 aromatic rings. The molecule has 1 aliphatic heterocycles. The van der Waals surface area contributed by atoms with Gasteiger partial charge < -0.3 is 4.74 Å². The first-order valence-corrected chi connectivity index (χ1v) is 8.47. The molecule has 24 heavy (non-hydrogen) atoms. The van der Waals surface area contributed by atoms with Gasteiger partial charge in [-0.3, -0.25) is 10.2 Å². The Morgan fingerprint density at radius 3 is 2.58 bits per heavy atom. The summed E-state index contributed by atoms with van der Waals surface area (Å²) in [6.45, 7) is 6.82. The van der Waals surface area contributed by atoms with Gasteiger partial charge in [-0.05, 0) is 43.4 Å². The monoisotopic (exact) mass is 324 g/mol. The van der Waals surface area contributed by atoms with Gasteiger partial charge in [0.05, 0.1) is 12.1 Å². The molecule has 0 unspecified atom stereocenters. The van der Waals surface area contributed by atoms with Crippen molar-refractivity contribution in [3.63, 3.8) is 0 Å². The van der Waals surface area contributed by atoms with Crippen LogP contribution in [0.1, 0.15) is 39.2 Å². The molecule has 1 aliphatic rings. The number of benzene rings is 2. The predicted molar refractivity (Wildman–Crippen MR) is 97.7 cm³/mol. The summed E-state index contributed by atoms with van der Waals surface area (Å²) in [7, 11) is 0. The molecule has 2 aromatic carbocycles. The molecule has 4 nitrogen and oxygen atoms in total. The van der Waals surface area contributed by atoms with Crippen molar-refractivity contribution in [3.05, 3.63) is 47.5 Å². The van der Waals surface area contributed by atoms with Gasteiger partial charge >= 0.3 is 0 Å². The highest BCUT2D eigenvalue weighted by Gasteiger charge is 2.35. The molecule has 0 aliphatic carbocycles. The van der Waals surface area contributed by atoms with Crippen LogP contribution in [0, 0.1) is 0 Å². The maximum absolute atomic E-state index is 12.2. The van der Waals surface area contributed by atoms with Crippen LogP contribution in [0.3, 0.4) is 0 Å². The molecule has 0 radical (unpaired) electrons. The van der Waals surface area contributed by atoms with Gasteiger partial charge in [-0.25, -0.2) is 5.43 Å². The van der Waals surface area contributed by atoms with Crippen molar-refractivity contribution in [2.75, 3.05) is 6.61 Å². The van der Waals surface area contributed by atoms with Crippen molar-refractivity contribution >= 4 is 22.8 Å². The highest BCUT2D eigenvalue weighted by atomic mass is 16.5. The van der Waals surface area contributed by atoms with E-state index in [-0.39, 0.29) is 5.91 Å². The van der Waals surface area contributed by atoms with Gasteiger partial charge in [0.25, 0.3) is 5.91 Å². The molecule has 126 valence electrons. The quantitative estimate of drug-likeness (QED) is 0.649. The van der Waals surface area contributed by atoms with Gasteiger partial charge in [0.2, 0.25) is 0 Å². The van der Waals surface area contributed by atoms with Gasteiger partial charge in [0.1, 0.15) is 5.75 Å². The van der Waals surface area contributed by atoms with E-state index in [9.17, 15) is 4.79 Å². The fourth-order valence-electron chi connectivity index (χ4n) is 2.93. The summed E-state index contributed by atoms with van der Waals surface area (Å²) in [5, 5.41) is 2.17. The second kappa shape index (κ2) is 6.65. The summed E-state index contributed by atoms with van der Waals surface area (Å²) in [6, 6.07) is 12.2. The first-order valence-electron chi connectivity index (χ1n) is 8.47. The fourth-order valence-corrected chi connectivity index (χ4v) is 2.93. The number of fused-ring (bicyclic) bond motifs is 1. The highest BCUT2D eigenvalue weighted by Crippen LogP contribution is 2.32.